The molecule has 1 saturated heterocycles. The topological polar surface area (TPSA) is 73.6 Å². The number of hydrogen-bond acceptors (Lipinski definition) is 6. The van der Waals surface area contributed by atoms with Crippen molar-refractivity contribution < 1.29 is 9.57 Å². The Bertz CT molecular complexity index is 922. The van der Waals surface area contributed by atoms with E-state index in [0.29, 0.717) is 6.04 Å². The number of fused-ring (bicyclic) bond motifs is 1. The van der Waals surface area contributed by atoms with E-state index in [1.807, 2.05) is 12.4 Å². The van der Waals surface area contributed by atoms with Gasteiger partial charge in [-0.1, -0.05) is 5.16 Å². The normalized spacial score (nSPS) is 24.2. The molecule has 7 nitrogen and oxygen atoms in total. The van der Waals surface area contributed by atoms with Crippen LogP contribution >= 0.6 is 0 Å². The summed E-state index contributed by atoms with van der Waals surface area (Å²) in [5.74, 6) is 0.766. The average Bonchev–Trinajstić information content (AvgIpc) is 3.23. The van der Waals surface area contributed by atoms with Gasteiger partial charge in [0, 0.05) is 44.0 Å². The molecule has 2 aliphatic heterocycles. The van der Waals surface area contributed by atoms with E-state index in [0.717, 1.165) is 85.8 Å². The highest BCUT2D eigenvalue weighted by molar-refractivity contribution is 6.10. The van der Waals surface area contributed by atoms with Crippen LogP contribution in [0.5, 0.6) is 0 Å². The third-order valence-corrected chi connectivity index (χ3v) is 6.78. The number of rotatable bonds is 5. The van der Waals surface area contributed by atoms with Gasteiger partial charge in [-0.15, -0.1) is 0 Å². The lowest BCUT2D eigenvalue weighted by molar-refractivity contribution is -0.0755. The first kappa shape index (κ1) is 16.8. The monoisotopic (exact) mass is 381 g/mol. The zero-order valence-corrected chi connectivity index (χ0v) is 16.2. The van der Waals surface area contributed by atoms with Crippen molar-refractivity contribution in [2.24, 2.45) is 11.1 Å². The molecular formula is C21H27N5O2. The summed E-state index contributed by atoms with van der Waals surface area (Å²) in [5, 5.41) is 14.1. The summed E-state index contributed by atoms with van der Waals surface area (Å²) in [6.07, 6.45) is 13.0. The van der Waals surface area contributed by atoms with Crippen LogP contribution in [0.15, 0.2) is 17.5 Å². The summed E-state index contributed by atoms with van der Waals surface area (Å²) in [7, 11) is 0. The Kier molecular flexibility index (Phi) is 3.86. The summed E-state index contributed by atoms with van der Waals surface area (Å²) in [6, 6.07) is 0.408. The van der Waals surface area contributed by atoms with Crippen molar-refractivity contribution in [2.75, 3.05) is 18.5 Å². The van der Waals surface area contributed by atoms with Crippen molar-refractivity contribution in [1.29, 1.82) is 0 Å². The van der Waals surface area contributed by atoms with Crippen LogP contribution in [0.25, 0.3) is 11.0 Å². The number of oxime groups is 1. The predicted octanol–water partition coefficient (Wildman–Crippen LogP) is 3.48. The number of anilines is 1. The fourth-order valence-electron chi connectivity index (χ4n) is 4.63. The lowest BCUT2D eigenvalue weighted by Gasteiger charge is -2.34. The molecule has 148 valence electrons. The van der Waals surface area contributed by atoms with E-state index in [2.05, 4.69) is 20.3 Å². The van der Waals surface area contributed by atoms with Crippen LogP contribution in [0, 0.1) is 5.92 Å². The van der Waals surface area contributed by atoms with E-state index >= 15 is 0 Å². The zero-order valence-electron chi connectivity index (χ0n) is 16.2. The van der Waals surface area contributed by atoms with E-state index < -0.39 is 0 Å². The molecule has 0 amide bonds. The summed E-state index contributed by atoms with van der Waals surface area (Å²) >= 11 is 0. The maximum atomic E-state index is 5.86. The van der Waals surface area contributed by atoms with E-state index in [1.165, 1.54) is 19.3 Å². The summed E-state index contributed by atoms with van der Waals surface area (Å²) in [4.78, 5) is 10.7. The molecule has 0 unspecified atom stereocenters. The minimum Gasteiger partial charge on any atom is -0.389 e. The van der Waals surface area contributed by atoms with Crippen molar-refractivity contribution in [1.82, 2.24) is 14.8 Å². The van der Waals surface area contributed by atoms with E-state index in [1.54, 1.807) is 0 Å². The molecule has 1 spiro atoms. The molecule has 2 aromatic heterocycles. The molecule has 0 aromatic carbocycles. The highest BCUT2D eigenvalue weighted by atomic mass is 16.7. The standard InChI is InChI=1S/C21H27N5O2/c1-6-21(7-1)10-18(25-28-21)16-11-22-20-17(12-23-26(20)13-14-2-3-14)19(16)24-15-4-8-27-9-5-15/h11-12,14-15H,1-10,13H2,(H,22,24). The van der Waals surface area contributed by atoms with Gasteiger partial charge in [-0.2, -0.15) is 5.10 Å². The third kappa shape index (κ3) is 2.87. The van der Waals surface area contributed by atoms with Gasteiger partial charge in [0.1, 0.15) is 5.60 Å². The van der Waals surface area contributed by atoms with Crippen LogP contribution in [-0.4, -0.2) is 45.3 Å². The van der Waals surface area contributed by atoms with E-state index in [4.69, 9.17) is 14.6 Å². The quantitative estimate of drug-likeness (QED) is 0.858. The number of hydrogen-bond donors (Lipinski definition) is 1. The van der Waals surface area contributed by atoms with Crippen molar-refractivity contribution in [3.05, 3.63) is 18.0 Å². The molecule has 4 aliphatic rings. The fourth-order valence-corrected chi connectivity index (χ4v) is 4.63. The summed E-state index contributed by atoms with van der Waals surface area (Å²) in [6.45, 7) is 2.60. The van der Waals surface area contributed by atoms with Crippen molar-refractivity contribution in [3.8, 4) is 0 Å². The maximum Gasteiger partial charge on any atom is 0.159 e. The van der Waals surface area contributed by atoms with Crippen LogP contribution in [-0.2, 0) is 16.1 Å². The molecule has 0 radical (unpaired) electrons. The van der Waals surface area contributed by atoms with Gasteiger partial charge in [-0.3, -0.25) is 0 Å². The smallest absolute Gasteiger partial charge is 0.159 e. The van der Waals surface area contributed by atoms with Crippen molar-refractivity contribution in [2.45, 2.75) is 69.6 Å². The number of nitrogens with zero attached hydrogens (tertiary/aromatic N) is 4. The molecule has 0 atom stereocenters. The lowest BCUT2D eigenvalue weighted by Crippen LogP contribution is -2.37. The number of pyridine rings is 1. The second-order valence-corrected chi connectivity index (χ2v) is 8.93. The Hall–Kier alpha value is -2.15. The second kappa shape index (κ2) is 6.44. The molecule has 2 aliphatic carbocycles. The van der Waals surface area contributed by atoms with Gasteiger partial charge < -0.3 is 14.9 Å². The molecule has 2 aromatic rings. The Morgan fingerprint density at radius 3 is 2.71 bits per heavy atom. The summed E-state index contributed by atoms with van der Waals surface area (Å²) in [5.41, 5.74) is 4.16. The largest absolute Gasteiger partial charge is 0.389 e. The molecule has 6 rings (SSSR count). The van der Waals surface area contributed by atoms with Gasteiger partial charge in [0.25, 0.3) is 0 Å². The van der Waals surface area contributed by atoms with Crippen molar-refractivity contribution in [3.63, 3.8) is 0 Å². The molecule has 1 N–H and O–H groups in total. The minimum absolute atomic E-state index is 0.0452. The minimum atomic E-state index is -0.0452. The van der Waals surface area contributed by atoms with Gasteiger partial charge >= 0.3 is 0 Å². The number of nitrogens with one attached hydrogen (secondary N) is 1. The van der Waals surface area contributed by atoms with Crippen LogP contribution in [0.1, 0.15) is 56.9 Å². The Morgan fingerprint density at radius 2 is 2.00 bits per heavy atom. The first-order valence-corrected chi connectivity index (χ1v) is 10.7. The van der Waals surface area contributed by atoms with Gasteiger partial charge in [0.05, 0.1) is 23.0 Å². The van der Waals surface area contributed by atoms with Gasteiger partial charge in [-0.05, 0) is 50.9 Å². The average molecular weight is 381 g/mol. The Morgan fingerprint density at radius 1 is 1.14 bits per heavy atom. The molecule has 4 heterocycles. The molecule has 2 saturated carbocycles. The molecular weight excluding hydrogens is 354 g/mol. The van der Waals surface area contributed by atoms with Gasteiger partial charge in [0.2, 0.25) is 0 Å². The Labute approximate surface area is 164 Å². The number of ether oxygens (including phenoxy) is 1. The highest BCUT2D eigenvalue weighted by Gasteiger charge is 2.45. The third-order valence-electron chi connectivity index (χ3n) is 6.78. The van der Waals surface area contributed by atoms with E-state index in [-0.39, 0.29) is 5.60 Å². The molecule has 7 heteroatoms. The van der Waals surface area contributed by atoms with Gasteiger partial charge in [-0.25, -0.2) is 9.67 Å². The van der Waals surface area contributed by atoms with Crippen LogP contribution < -0.4 is 5.32 Å². The number of aromatic nitrogens is 3. The van der Waals surface area contributed by atoms with Crippen LogP contribution in [0.4, 0.5) is 5.69 Å². The first-order chi connectivity index (χ1) is 13.8. The Balaban J connectivity index is 1.38. The van der Waals surface area contributed by atoms with Crippen LogP contribution in [0.2, 0.25) is 0 Å². The highest BCUT2D eigenvalue weighted by Crippen LogP contribution is 2.44. The summed E-state index contributed by atoms with van der Waals surface area (Å²) < 4.78 is 7.62. The SMILES string of the molecule is c1nc2c(cnn2CC2CC2)c(NC2CCOCC2)c1C1=NOC2(CCC2)C1. The first-order valence-electron chi connectivity index (χ1n) is 10.7. The van der Waals surface area contributed by atoms with Crippen LogP contribution in [0.3, 0.4) is 0 Å². The lowest BCUT2D eigenvalue weighted by atomic mass is 9.76. The second-order valence-electron chi connectivity index (χ2n) is 8.93. The maximum absolute atomic E-state index is 5.86. The molecule has 3 fully saturated rings. The predicted molar refractivity (Wildman–Crippen MR) is 107 cm³/mol. The molecule has 0 bridgehead atoms. The molecule has 28 heavy (non-hydrogen) atoms. The van der Waals surface area contributed by atoms with E-state index in [9.17, 15) is 0 Å². The van der Waals surface area contributed by atoms with Gasteiger partial charge in [0.15, 0.2) is 5.65 Å². The fraction of sp³-hybridized carbons (Fsp3) is 0.667. The van der Waals surface area contributed by atoms with Crippen molar-refractivity contribution >= 4 is 22.4 Å². The zero-order chi connectivity index (χ0) is 18.6.